The van der Waals surface area contributed by atoms with Crippen LogP contribution in [0.1, 0.15) is 38.7 Å². The van der Waals surface area contributed by atoms with Crippen molar-refractivity contribution in [3.05, 3.63) is 29.8 Å². The van der Waals surface area contributed by atoms with Gasteiger partial charge in [0.25, 0.3) is 0 Å². The maximum atomic E-state index is 12.6. The highest BCUT2D eigenvalue weighted by molar-refractivity contribution is 5.81. The van der Waals surface area contributed by atoms with Crippen LogP contribution in [0.25, 0.3) is 0 Å². The van der Waals surface area contributed by atoms with Crippen LogP contribution in [0.2, 0.25) is 0 Å². The lowest BCUT2D eigenvalue weighted by Crippen LogP contribution is -2.43. The van der Waals surface area contributed by atoms with E-state index in [9.17, 15) is 27.9 Å². The lowest BCUT2D eigenvalue weighted by atomic mass is 9.95. The Morgan fingerprint density at radius 2 is 1.81 bits per heavy atom. The first-order valence-electron chi connectivity index (χ1n) is 7.94. The van der Waals surface area contributed by atoms with Crippen LogP contribution in [0.5, 0.6) is 5.75 Å². The summed E-state index contributed by atoms with van der Waals surface area (Å²) in [6.07, 6.45) is -5.72. The monoisotopic (exact) mass is 375 g/mol. The average molecular weight is 375 g/mol. The molecule has 0 spiro atoms. The molecule has 1 aliphatic heterocycles. The third-order valence-corrected chi connectivity index (χ3v) is 3.80. The topological polar surface area (TPSA) is 76.1 Å². The molecular formula is C17H20F3NO5. The van der Waals surface area contributed by atoms with Crippen molar-refractivity contribution >= 4 is 12.1 Å². The van der Waals surface area contributed by atoms with E-state index in [1.54, 1.807) is 20.8 Å². The summed E-state index contributed by atoms with van der Waals surface area (Å²) in [5.74, 6) is -2.27. The Balaban J connectivity index is 2.28. The summed E-state index contributed by atoms with van der Waals surface area (Å²) in [5, 5.41) is 9.39. The summed E-state index contributed by atoms with van der Waals surface area (Å²) >= 11 is 0. The van der Waals surface area contributed by atoms with E-state index >= 15 is 0 Å². The maximum absolute atomic E-state index is 12.6. The Kier molecular flexibility index (Phi) is 5.39. The molecule has 0 radical (unpaired) electrons. The SMILES string of the molecule is CC(C)(C)OC(=O)N1CC(c2ccccc2OC(F)(F)F)C[C@@H]1C(=O)O. The van der Waals surface area contributed by atoms with Crippen molar-refractivity contribution in [3.63, 3.8) is 0 Å². The van der Waals surface area contributed by atoms with Crippen LogP contribution in [0.15, 0.2) is 24.3 Å². The molecule has 1 saturated heterocycles. The van der Waals surface area contributed by atoms with Gasteiger partial charge in [-0.05, 0) is 38.8 Å². The van der Waals surface area contributed by atoms with Crippen LogP contribution in [0, 0.1) is 0 Å². The number of halogens is 3. The van der Waals surface area contributed by atoms with E-state index in [0.29, 0.717) is 0 Å². The first-order valence-corrected chi connectivity index (χ1v) is 7.94. The predicted octanol–water partition coefficient (Wildman–Crippen LogP) is 3.76. The van der Waals surface area contributed by atoms with Gasteiger partial charge in [-0.1, -0.05) is 18.2 Å². The van der Waals surface area contributed by atoms with Crippen molar-refractivity contribution in [1.82, 2.24) is 4.90 Å². The van der Waals surface area contributed by atoms with Gasteiger partial charge >= 0.3 is 18.4 Å². The van der Waals surface area contributed by atoms with E-state index in [1.165, 1.54) is 18.2 Å². The molecule has 1 amide bonds. The fourth-order valence-electron chi connectivity index (χ4n) is 2.85. The average Bonchev–Trinajstić information content (AvgIpc) is 2.89. The van der Waals surface area contributed by atoms with Crippen LogP contribution in [-0.2, 0) is 9.53 Å². The van der Waals surface area contributed by atoms with Gasteiger partial charge in [0.05, 0.1) is 0 Å². The molecule has 1 aromatic carbocycles. The standard InChI is InChI=1S/C17H20F3NO5/c1-16(2,3)26-15(24)21-9-10(8-12(21)14(22)23)11-6-4-5-7-13(11)25-17(18,19)20/h4-7,10,12H,8-9H2,1-3H3,(H,22,23)/t10?,12-/m1/s1. The van der Waals surface area contributed by atoms with Crippen LogP contribution >= 0.6 is 0 Å². The minimum Gasteiger partial charge on any atom is -0.480 e. The van der Waals surface area contributed by atoms with Gasteiger partial charge in [-0.3, -0.25) is 4.90 Å². The maximum Gasteiger partial charge on any atom is 0.573 e. The van der Waals surface area contributed by atoms with Crippen molar-refractivity contribution in [2.75, 3.05) is 6.54 Å². The van der Waals surface area contributed by atoms with Crippen molar-refractivity contribution in [2.45, 2.75) is 51.1 Å². The van der Waals surface area contributed by atoms with Gasteiger partial charge in [0.15, 0.2) is 0 Å². The molecule has 144 valence electrons. The molecule has 9 heteroatoms. The number of carboxylic acid groups (broad SMARTS) is 1. The van der Waals surface area contributed by atoms with Crippen molar-refractivity contribution in [1.29, 1.82) is 0 Å². The number of aliphatic carboxylic acids is 1. The van der Waals surface area contributed by atoms with Gasteiger partial charge in [-0.25, -0.2) is 9.59 Å². The number of amides is 1. The van der Waals surface area contributed by atoms with Crippen LogP contribution in [-0.4, -0.2) is 46.6 Å². The highest BCUT2D eigenvalue weighted by atomic mass is 19.4. The van der Waals surface area contributed by atoms with Crippen molar-refractivity contribution in [3.8, 4) is 5.75 Å². The molecule has 2 rings (SSSR count). The minimum absolute atomic E-state index is 0.0349. The van der Waals surface area contributed by atoms with E-state index in [1.807, 2.05) is 0 Å². The zero-order valence-electron chi connectivity index (χ0n) is 14.5. The van der Waals surface area contributed by atoms with Gasteiger partial charge in [0.2, 0.25) is 0 Å². The molecular weight excluding hydrogens is 355 g/mol. The second-order valence-electron chi connectivity index (χ2n) is 7.00. The quantitative estimate of drug-likeness (QED) is 0.871. The Bertz CT molecular complexity index is 684. The van der Waals surface area contributed by atoms with Crippen LogP contribution < -0.4 is 4.74 Å². The molecule has 1 aliphatic rings. The number of benzene rings is 1. The largest absolute Gasteiger partial charge is 0.573 e. The fraction of sp³-hybridized carbons (Fsp3) is 0.529. The summed E-state index contributed by atoms with van der Waals surface area (Å²) in [7, 11) is 0. The molecule has 26 heavy (non-hydrogen) atoms. The number of nitrogens with zero attached hydrogens (tertiary/aromatic N) is 1. The van der Waals surface area contributed by atoms with Crippen LogP contribution in [0.3, 0.4) is 0 Å². The highest BCUT2D eigenvalue weighted by Crippen LogP contribution is 2.38. The second-order valence-corrected chi connectivity index (χ2v) is 7.00. The number of carbonyl (C=O) groups is 2. The molecule has 0 saturated carbocycles. The third kappa shape index (κ3) is 5.03. The number of carbonyl (C=O) groups excluding carboxylic acids is 1. The van der Waals surface area contributed by atoms with Gasteiger partial charge in [-0.15, -0.1) is 13.2 Å². The fourth-order valence-corrected chi connectivity index (χ4v) is 2.85. The van der Waals surface area contributed by atoms with E-state index in [0.717, 1.165) is 11.0 Å². The number of ether oxygens (including phenoxy) is 2. The second kappa shape index (κ2) is 7.05. The molecule has 6 nitrogen and oxygen atoms in total. The number of carboxylic acids is 1. The summed E-state index contributed by atoms with van der Waals surface area (Å²) in [4.78, 5) is 24.8. The summed E-state index contributed by atoms with van der Waals surface area (Å²) < 4.78 is 47.1. The number of para-hydroxylation sites is 1. The smallest absolute Gasteiger partial charge is 0.480 e. The van der Waals surface area contributed by atoms with E-state index in [4.69, 9.17) is 4.74 Å². The number of alkyl halides is 3. The number of likely N-dealkylation sites (tertiary alicyclic amines) is 1. The van der Waals surface area contributed by atoms with E-state index in [-0.39, 0.29) is 18.5 Å². The van der Waals surface area contributed by atoms with E-state index in [2.05, 4.69) is 4.74 Å². The Labute approximate surface area is 148 Å². The lowest BCUT2D eigenvalue weighted by molar-refractivity contribution is -0.275. The Morgan fingerprint density at radius 3 is 2.35 bits per heavy atom. The molecule has 1 unspecified atom stereocenters. The van der Waals surface area contributed by atoms with E-state index < -0.39 is 41.7 Å². The molecule has 1 fully saturated rings. The number of hydrogen-bond acceptors (Lipinski definition) is 4. The molecule has 0 aromatic heterocycles. The normalized spacial score (nSPS) is 20.8. The van der Waals surface area contributed by atoms with Gasteiger partial charge in [0, 0.05) is 12.5 Å². The molecule has 2 atom stereocenters. The molecule has 1 N–H and O–H groups in total. The summed E-state index contributed by atoms with van der Waals surface area (Å²) in [6.45, 7) is 4.84. The summed E-state index contributed by atoms with van der Waals surface area (Å²) in [6, 6.07) is 4.33. The van der Waals surface area contributed by atoms with Gasteiger partial charge in [-0.2, -0.15) is 0 Å². The first-order chi connectivity index (χ1) is 11.9. The zero-order valence-corrected chi connectivity index (χ0v) is 14.5. The summed E-state index contributed by atoms with van der Waals surface area (Å²) in [5.41, 5.74) is -0.627. The van der Waals surface area contributed by atoms with Gasteiger partial charge < -0.3 is 14.6 Å². The third-order valence-electron chi connectivity index (χ3n) is 3.80. The number of rotatable bonds is 3. The Morgan fingerprint density at radius 1 is 1.19 bits per heavy atom. The first kappa shape index (κ1) is 19.9. The molecule has 1 heterocycles. The van der Waals surface area contributed by atoms with Crippen molar-refractivity contribution < 1.29 is 37.3 Å². The predicted molar refractivity (Wildman–Crippen MR) is 84.8 cm³/mol. The zero-order chi connectivity index (χ0) is 19.7. The number of hydrogen-bond donors (Lipinski definition) is 1. The lowest BCUT2D eigenvalue weighted by Gasteiger charge is -2.26. The highest BCUT2D eigenvalue weighted by Gasteiger charge is 2.43. The molecule has 0 aliphatic carbocycles. The Hall–Kier alpha value is -2.45. The van der Waals surface area contributed by atoms with Gasteiger partial charge in [0.1, 0.15) is 17.4 Å². The molecule has 1 aromatic rings. The van der Waals surface area contributed by atoms with Crippen LogP contribution in [0.4, 0.5) is 18.0 Å². The minimum atomic E-state index is -4.87. The molecule has 0 bridgehead atoms. The van der Waals surface area contributed by atoms with Crippen molar-refractivity contribution in [2.24, 2.45) is 0 Å².